The van der Waals surface area contributed by atoms with Crippen LogP contribution in [-0.4, -0.2) is 49.1 Å². The third-order valence-corrected chi connectivity index (χ3v) is 6.01. The molecule has 0 saturated heterocycles. The van der Waals surface area contributed by atoms with Gasteiger partial charge in [-0.25, -0.2) is 19.3 Å². The minimum atomic E-state index is -4.88. The molecule has 2 amide bonds. The number of carbonyl (C=O) groups is 3. The zero-order valence-corrected chi connectivity index (χ0v) is 20.0. The smallest absolute Gasteiger partial charge is 0.435 e. The van der Waals surface area contributed by atoms with Gasteiger partial charge in [0.15, 0.2) is 11.5 Å². The standard InChI is InChI=1S/C23H17ClF3N7O4/c24-13-2-1-7-29-19(13)33-15(8-16(32-33)23(25,26)27)20(35)31-14-6-5-12-9-30-34(22(28)37)18(12)17(14)21(36)38-10-11-3-4-11/h1-2,5-9,11H,3-4,10H2,(H2,28,37)(H,31,35). The molecular formula is C23H17ClF3N7O4. The molecule has 0 radical (unpaired) electrons. The molecular weight excluding hydrogens is 531 g/mol. The molecule has 1 saturated carbocycles. The van der Waals surface area contributed by atoms with E-state index in [0.717, 1.165) is 17.5 Å². The van der Waals surface area contributed by atoms with Crippen molar-refractivity contribution in [2.75, 3.05) is 11.9 Å². The molecule has 196 valence electrons. The number of primary amides is 1. The second-order valence-corrected chi connectivity index (χ2v) is 8.86. The molecule has 3 aromatic heterocycles. The van der Waals surface area contributed by atoms with E-state index in [1.807, 2.05) is 0 Å². The van der Waals surface area contributed by atoms with Gasteiger partial charge in [0, 0.05) is 17.6 Å². The number of benzene rings is 1. The number of rotatable bonds is 6. The molecule has 15 heteroatoms. The van der Waals surface area contributed by atoms with Gasteiger partial charge in [-0.1, -0.05) is 11.6 Å². The highest BCUT2D eigenvalue weighted by Crippen LogP contribution is 2.33. The molecule has 5 rings (SSSR count). The van der Waals surface area contributed by atoms with Gasteiger partial charge in [0.25, 0.3) is 5.91 Å². The molecule has 0 unspecified atom stereocenters. The molecule has 0 bridgehead atoms. The number of hydrogen-bond acceptors (Lipinski definition) is 7. The van der Waals surface area contributed by atoms with Crippen molar-refractivity contribution in [3.05, 3.63) is 64.7 Å². The predicted octanol–water partition coefficient (Wildman–Crippen LogP) is 4.04. The van der Waals surface area contributed by atoms with Crippen molar-refractivity contribution in [2.45, 2.75) is 19.0 Å². The number of nitrogens with two attached hydrogens (primary N) is 1. The van der Waals surface area contributed by atoms with Gasteiger partial charge in [-0.15, -0.1) is 0 Å². The van der Waals surface area contributed by atoms with Crippen molar-refractivity contribution < 1.29 is 32.3 Å². The lowest BCUT2D eigenvalue weighted by atomic mass is 10.1. The summed E-state index contributed by atoms with van der Waals surface area (Å²) in [4.78, 5) is 42.3. The first-order valence-corrected chi connectivity index (χ1v) is 11.5. The highest BCUT2D eigenvalue weighted by Gasteiger charge is 2.37. The van der Waals surface area contributed by atoms with E-state index in [1.165, 1.54) is 36.7 Å². The van der Waals surface area contributed by atoms with Crippen LogP contribution in [0.15, 0.2) is 42.7 Å². The fourth-order valence-corrected chi connectivity index (χ4v) is 3.91. The Morgan fingerprint density at radius 3 is 2.63 bits per heavy atom. The molecule has 11 nitrogen and oxygen atoms in total. The van der Waals surface area contributed by atoms with E-state index in [1.54, 1.807) is 0 Å². The van der Waals surface area contributed by atoms with E-state index in [0.29, 0.717) is 16.1 Å². The Kier molecular flexibility index (Phi) is 6.26. The maximum Gasteiger partial charge on any atom is 0.435 e. The number of anilines is 1. The van der Waals surface area contributed by atoms with Crippen LogP contribution in [0.3, 0.4) is 0 Å². The van der Waals surface area contributed by atoms with Crippen LogP contribution in [0.4, 0.5) is 23.7 Å². The Hall–Kier alpha value is -4.46. The lowest BCUT2D eigenvalue weighted by Crippen LogP contribution is -2.24. The molecule has 1 aliphatic carbocycles. The van der Waals surface area contributed by atoms with E-state index in [2.05, 4.69) is 20.5 Å². The third-order valence-electron chi connectivity index (χ3n) is 5.71. The van der Waals surface area contributed by atoms with Crippen molar-refractivity contribution in [3.63, 3.8) is 0 Å². The van der Waals surface area contributed by atoms with E-state index >= 15 is 0 Å². The van der Waals surface area contributed by atoms with Crippen LogP contribution < -0.4 is 11.1 Å². The summed E-state index contributed by atoms with van der Waals surface area (Å²) in [6.07, 6.45) is -0.544. The molecule has 0 atom stereocenters. The fourth-order valence-electron chi connectivity index (χ4n) is 3.71. The van der Waals surface area contributed by atoms with Crippen LogP contribution in [0, 0.1) is 5.92 Å². The quantitative estimate of drug-likeness (QED) is 0.346. The summed E-state index contributed by atoms with van der Waals surface area (Å²) < 4.78 is 47.3. The summed E-state index contributed by atoms with van der Waals surface area (Å²) in [6.45, 7) is 0.118. The van der Waals surface area contributed by atoms with Gasteiger partial charge in [-0.3, -0.25) is 4.79 Å². The van der Waals surface area contributed by atoms with Gasteiger partial charge < -0.3 is 15.8 Å². The van der Waals surface area contributed by atoms with Gasteiger partial charge in [0.2, 0.25) is 0 Å². The first kappa shape index (κ1) is 25.2. The number of fused-ring (bicyclic) bond motifs is 1. The average Bonchev–Trinajstić information content (AvgIpc) is 3.40. The maximum absolute atomic E-state index is 13.5. The minimum Gasteiger partial charge on any atom is -0.462 e. The van der Waals surface area contributed by atoms with Crippen LogP contribution in [0.1, 0.15) is 39.4 Å². The van der Waals surface area contributed by atoms with Gasteiger partial charge in [-0.2, -0.15) is 28.1 Å². The number of hydrogen-bond donors (Lipinski definition) is 2. The van der Waals surface area contributed by atoms with Crippen molar-refractivity contribution in [2.24, 2.45) is 11.7 Å². The van der Waals surface area contributed by atoms with Crippen LogP contribution >= 0.6 is 11.6 Å². The summed E-state index contributed by atoms with van der Waals surface area (Å²) in [5.41, 5.74) is 3.03. The zero-order valence-electron chi connectivity index (χ0n) is 19.2. The highest BCUT2D eigenvalue weighted by molar-refractivity contribution is 6.32. The maximum atomic E-state index is 13.5. The summed E-state index contributed by atoms with van der Waals surface area (Å²) in [7, 11) is 0. The number of carbonyl (C=O) groups excluding carboxylic acids is 3. The number of alkyl halides is 3. The zero-order chi connectivity index (χ0) is 27.2. The molecule has 1 fully saturated rings. The topological polar surface area (TPSA) is 147 Å². The Labute approximate surface area is 216 Å². The van der Waals surface area contributed by atoms with Gasteiger partial charge in [0.05, 0.1) is 29.0 Å². The Morgan fingerprint density at radius 1 is 1.21 bits per heavy atom. The highest BCUT2D eigenvalue weighted by atomic mass is 35.5. The molecule has 1 aromatic carbocycles. The number of ether oxygens (including phenoxy) is 1. The number of aromatic nitrogens is 5. The van der Waals surface area contributed by atoms with Crippen molar-refractivity contribution in [1.29, 1.82) is 0 Å². The van der Waals surface area contributed by atoms with Crippen molar-refractivity contribution in [3.8, 4) is 5.82 Å². The Balaban J connectivity index is 1.60. The van der Waals surface area contributed by atoms with Gasteiger partial charge >= 0.3 is 18.2 Å². The lowest BCUT2D eigenvalue weighted by Gasteiger charge is -2.14. The second kappa shape index (κ2) is 9.45. The average molecular weight is 548 g/mol. The van der Waals surface area contributed by atoms with E-state index in [9.17, 15) is 27.6 Å². The first-order valence-electron chi connectivity index (χ1n) is 11.1. The minimum absolute atomic E-state index is 0.0339. The monoisotopic (exact) mass is 547 g/mol. The van der Waals surface area contributed by atoms with Crippen LogP contribution in [0.5, 0.6) is 0 Å². The van der Waals surface area contributed by atoms with Crippen LogP contribution in [-0.2, 0) is 10.9 Å². The number of nitrogens with zero attached hydrogens (tertiary/aromatic N) is 5. The largest absolute Gasteiger partial charge is 0.462 e. The van der Waals surface area contributed by atoms with E-state index < -0.39 is 35.5 Å². The summed E-state index contributed by atoms with van der Waals surface area (Å²) in [5, 5.41) is 10.1. The number of halogens is 4. The van der Waals surface area contributed by atoms with Crippen molar-refractivity contribution in [1.82, 2.24) is 24.5 Å². The molecule has 38 heavy (non-hydrogen) atoms. The Bertz CT molecular complexity index is 1590. The molecule has 0 spiro atoms. The van der Waals surface area contributed by atoms with Gasteiger partial charge in [0.1, 0.15) is 11.3 Å². The number of nitrogens with one attached hydrogen (secondary N) is 1. The van der Waals surface area contributed by atoms with Crippen molar-refractivity contribution >= 4 is 46.1 Å². The number of amides is 2. The lowest BCUT2D eigenvalue weighted by molar-refractivity contribution is -0.141. The molecule has 3 heterocycles. The summed E-state index contributed by atoms with van der Waals surface area (Å²) in [6, 6.07) is 5.13. The fraction of sp³-hybridized carbons (Fsp3) is 0.217. The van der Waals surface area contributed by atoms with Crippen LogP contribution in [0.2, 0.25) is 5.02 Å². The molecule has 3 N–H and O–H groups in total. The van der Waals surface area contributed by atoms with E-state index in [4.69, 9.17) is 22.1 Å². The first-order chi connectivity index (χ1) is 18.0. The third kappa shape index (κ3) is 4.77. The summed E-state index contributed by atoms with van der Waals surface area (Å²) >= 11 is 6.10. The normalized spacial score (nSPS) is 13.5. The molecule has 4 aromatic rings. The van der Waals surface area contributed by atoms with E-state index in [-0.39, 0.29) is 40.1 Å². The SMILES string of the molecule is NC(=O)n1ncc2ccc(NC(=O)c3cc(C(F)(F)F)nn3-c3ncccc3Cl)c(C(=O)OCC3CC3)c21. The Morgan fingerprint density at radius 2 is 1.97 bits per heavy atom. The molecule has 0 aliphatic heterocycles. The predicted molar refractivity (Wildman–Crippen MR) is 127 cm³/mol. The summed E-state index contributed by atoms with van der Waals surface area (Å²) in [5.74, 6) is -1.97. The van der Waals surface area contributed by atoms with Crippen LogP contribution in [0.25, 0.3) is 16.7 Å². The second-order valence-electron chi connectivity index (χ2n) is 8.45. The number of pyridine rings is 1. The van der Waals surface area contributed by atoms with Gasteiger partial charge in [-0.05, 0) is 43.0 Å². The number of esters is 1. The molecule has 1 aliphatic rings.